The van der Waals surface area contributed by atoms with Gasteiger partial charge in [0.25, 0.3) is 0 Å². The lowest BCUT2D eigenvalue weighted by Gasteiger charge is -2.27. The van der Waals surface area contributed by atoms with Crippen LogP contribution in [0.4, 0.5) is 17.6 Å². The Bertz CT molecular complexity index is 681. The Balaban J connectivity index is 1.67. The molecule has 1 atom stereocenters. The van der Waals surface area contributed by atoms with E-state index < -0.39 is 17.6 Å². The second-order valence-corrected chi connectivity index (χ2v) is 6.94. The molecular weight excluding hydrogens is 348 g/mol. The summed E-state index contributed by atoms with van der Waals surface area (Å²) in [6.45, 7) is 3.60. The molecule has 1 aromatic rings. The van der Waals surface area contributed by atoms with Crippen LogP contribution >= 0.6 is 0 Å². The minimum Gasteiger partial charge on any atom is -0.335 e. The molecule has 0 bridgehead atoms. The van der Waals surface area contributed by atoms with Crippen molar-refractivity contribution in [3.05, 3.63) is 41.2 Å². The molecule has 0 spiro atoms. The lowest BCUT2D eigenvalue weighted by Crippen LogP contribution is -2.41. The Hall–Kier alpha value is -1.89. The first-order valence-electron chi connectivity index (χ1n) is 8.92. The van der Waals surface area contributed by atoms with E-state index in [2.05, 4.69) is 4.90 Å². The van der Waals surface area contributed by atoms with Crippen LogP contribution < -0.4 is 0 Å². The lowest BCUT2D eigenvalue weighted by molar-refractivity contribution is -0.137. The van der Waals surface area contributed by atoms with Crippen LogP contribution in [0, 0.1) is 5.82 Å². The molecule has 0 radical (unpaired) electrons. The zero-order valence-corrected chi connectivity index (χ0v) is 14.4. The van der Waals surface area contributed by atoms with Crippen molar-refractivity contribution in [2.75, 3.05) is 26.2 Å². The second-order valence-electron chi connectivity index (χ2n) is 6.94. The second kappa shape index (κ2) is 7.78. The highest BCUT2D eigenvalue weighted by molar-refractivity contribution is 5.92. The molecule has 0 aliphatic carbocycles. The Morgan fingerprint density at radius 1 is 1.12 bits per heavy atom. The highest BCUT2D eigenvalue weighted by atomic mass is 19.4. The van der Waals surface area contributed by atoms with Crippen LogP contribution in [0.25, 0.3) is 6.08 Å². The first-order chi connectivity index (χ1) is 12.3. The van der Waals surface area contributed by atoms with Crippen LogP contribution in [0.2, 0.25) is 0 Å². The van der Waals surface area contributed by atoms with Crippen molar-refractivity contribution in [3.8, 4) is 0 Å². The van der Waals surface area contributed by atoms with Crippen molar-refractivity contribution < 1.29 is 22.4 Å². The summed E-state index contributed by atoms with van der Waals surface area (Å²) >= 11 is 0. The first-order valence-corrected chi connectivity index (χ1v) is 8.92. The summed E-state index contributed by atoms with van der Waals surface area (Å²) in [5, 5.41) is 0. The van der Waals surface area contributed by atoms with Gasteiger partial charge in [0.15, 0.2) is 0 Å². The van der Waals surface area contributed by atoms with Gasteiger partial charge < -0.3 is 9.80 Å². The number of nitrogens with zero attached hydrogens (tertiary/aromatic N) is 2. The van der Waals surface area contributed by atoms with Gasteiger partial charge in [-0.15, -0.1) is 0 Å². The number of rotatable bonds is 4. The van der Waals surface area contributed by atoms with E-state index in [0.29, 0.717) is 12.6 Å². The van der Waals surface area contributed by atoms with Crippen molar-refractivity contribution in [1.29, 1.82) is 0 Å². The van der Waals surface area contributed by atoms with Gasteiger partial charge in [0.05, 0.1) is 5.56 Å². The van der Waals surface area contributed by atoms with Gasteiger partial charge in [0.1, 0.15) is 5.82 Å². The molecule has 3 nitrogen and oxygen atoms in total. The van der Waals surface area contributed by atoms with Crippen LogP contribution in [0.15, 0.2) is 24.3 Å². The molecule has 1 amide bonds. The zero-order chi connectivity index (χ0) is 18.7. The van der Waals surface area contributed by atoms with E-state index in [4.69, 9.17) is 0 Å². The van der Waals surface area contributed by atoms with Crippen LogP contribution in [-0.2, 0) is 11.0 Å². The molecule has 3 rings (SSSR count). The summed E-state index contributed by atoms with van der Waals surface area (Å²) in [6.07, 6.45) is 2.11. The molecule has 26 heavy (non-hydrogen) atoms. The average Bonchev–Trinajstić information content (AvgIpc) is 3.23. The number of hydrogen-bond donors (Lipinski definition) is 0. The predicted octanol–water partition coefficient (Wildman–Crippen LogP) is 3.94. The predicted molar refractivity (Wildman–Crippen MR) is 90.8 cm³/mol. The molecule has 2 saturated heterocycles. The Kier molecular flexibility index (Phi) is 5.65. The first kappa shape index (κ1) is 18.9. The van der Waals surface area contributed by atoms with Crippen molar-refractivity contribution in [3.63, 3.8) is 0 Å². The summed E-state index contributed by atoms with van der Waals surface area (Å²) in [7, 11) is 0. The highest BCUT2D eigenvalue weighted by Gasteiger charge is 2.32. The van der Waals surface area contributed by atoms with E-state index >= 15 is 0 Å². The quantitative estimate of drug-likeness (QED) is 0.592. The van der Waals surface area contributed by atoms with E-state index in [9.17, 15) is 22.4 Å². The third kappa shape index (κ3) is 4.63. The number of alkyl halides is 3. The molecule has 2 fully saturated rings. The Morgan fingerprint density at radius 2 is 1.85 bits per heavy atom. The molecule has 0 saturated carbocycles. The summed E-state index contributed by atoms with van der Waals surface area (Å²) in [6, 6.07) is 2.43. The number of likely N-dealkylation sites (tertiary alicyclic amines) is 2. The average molecular weight is 370 g/mol. The molecule has 142 valence electrons. The maximum Gasteiger partial charge on any atom is 0.416 e. The fraction of sp³-hybridized carbons (Fsp3) is 0.526. The maximum atomic E-state index is 13.4. The van der Waals surface area contributed by atoms with Gasteiger partial charge in [0.2, 0.25) is 5.91 Å². The van der Waals surface area contributed by atoms with Crippen LogP contribution in [0.3, 0.4) is 0 Å². The van der Waals surface area contributed by atoms with Gasteiger partial charge in [-0.2, -0.15) is 13.2 Å². The van der Waals surface area contributed by atoms with Crippen LogP contribution in [0.1, 0.15) is 36.8 Å². The fourth-order valence-corrected chi connectivity index (χ4v) is 3.71. The summed E-state index contributed by atoms with van der Waals surface area (Å²) in [5.74, 6) is -1.20. The molecule has 1 aromatic carbocycles. The van der Waals surface area contributed by atoms with Crippen molar-refractivity contribution >= 4 is 12.0 Å². The van der Waals surface area contributed by atoms with E-state index in [1.807, 2.05) is 0 Å². The number of hydrogen-bond acceptors (Lipinski definition) is 2. The van der Waals surface area contributed by atoms with E-state index in [0.717, 1.165) is 44.6 Å². The standard InChI is InChI=1S/C19H22F4N2O/c20-16-11-14(10-15(12-16)19(21,22)23)5-6-18(26)25-9-3-4-17(25)13-24-7-1-2-8-24/h5-6,10-12,17H,1-4,7-9,13H2/t17-/m0/s1. The van der Waals surface area contributed by atoms with Gasteiger partial charge in [-0.1, -0.05) is 0 Å². The Labute approximate surface area is 150 Å². The number of amides is 1. The normalized spacial score (nSPS) is 21.8. The van der Waals surface area contributed by atoms with Gasteiger partial charge in [0, 0.05) is 25.2 Å². The van der Waals surface area contributed by atoms with Crippen LogP contribution in [0.5, 0.6) is 0 Å². The third-order valence-corrected chi connectivity index (χ3v) is 4.99. The van der Waals surface area contributed by atoms with Gasteiger partial charge in [-0.05, 0) is 68.6 Å². The fourth-order valence-electron chi connectivity index (χ4n) is 3.71. The molecule has 2 aliphatic rings. The molecule has 2 heterocycles. The molecule has 0 aromatic heterocycles. The number of benzene rings is 1. The summed E-state index contributed by atoms with van der Waals surface area (Å²) in [5.41, 5.74) is -1.03. The van der Waals surface area contributed by atoms with E-state index in [1.54, 1.807) is 4.90 Å². The summed E-state index contributed by atoms with van der Waals surface area (Å²) < 4.78 is 51.7. The van der Waals surface area contributed by atoms with E-state index in [-0.39, 0.29) is 17.5 Å². The number of carbonyl (C=O) groups excluding carboxylic acids is 1. The number of halogens is 4. The molecule has 2 aliphatic heterocycles. The van der Waals surface area contributed by atoms with Gasteiger partial charge in [-0.3, -0.25) is 4.79 Å². The molecule has 0 N–H and O–H groups in total. The van der Waals surface area contributed by atoms with Crippen LogP contribution in [-0.4, -0.2) is 47.9 Å². The topological polar surface area (TPSA) is 23.6 Å². The summed E-state index contributed by atoms with van der Waals surface area (Å²) in [4.78, 5) is 16.6. The molecule has 0 unspecified atom stereocenters. The monoisotopic (exact) mass is 370 g/mol. The third-order valence-electron chi connectivity index (χ3n) is 4.99. The van der Waals surface area contributed by atoms with Gasteiger partial charge in [-0.25, -0.2) is 4.39 Å². The van der Waals surface area contributed by atoms with Crippen molar-refractivity contribution in [1.82, 2.24) is 9.80 Å². The van der Waals surface area contributed by atoms with E-state index in [1.165, 1.54) is 25.0 Å². The number of carbonyl (C=O) groups is 1. The highest BCUT2D eigenvalue weighted by Crippen LogP contribution is 2.30. The van der Waals surface area contributed by atoms with Gasteiger partial charge >= 0.3 is 6.18 Å². The SMILES string of the molecule is O=C(C=Cc1cc(F)cc(C(F)(F)F)c1)N1CCC[C@H]1CN1CCCC1. The minimum atomic E-state index is -4.62. The maximum absolute atomic E-state index is 13.4. The van der Waals surface area contributed by atoms with Crippen molar-refractivity contribution in [2.45, 2.75) is 37.9 Å². The Morgan fingerprint density at radius 3 is 2.54 bits per heavy atom. The molecule has 7 heteroatoms. The largest absolute Gasteiger partial charge is 0.416 e. The van der Waals surface area contributed by atoms with Crippen molar-refractivity contribution in [2.24, 2.45) is 0 Å². The smallest absolute Gasteiger partial charge is 0.335 e. The minimum absolute atomic E-state index is 0.0287. The molecular formula is C19H22F4N2O. The zero-order valence-electron chi connectivity index (χ0n) is 14.4. The lowest BCUT2D eigenvalue weighted by atomic mass is 10.1.